The first-order chi connectivity index (χ1) is 11.7. The molecule has 1 aliphatic heterocycles. The SMILES string of the molecule is [C-]#[N+]c1cccc(-c2cc(C)cc(COCC3CCNCC3)c2)c1. The number of nitrogens with one attached hydrogen (secondary N) is 1. The fraction of sp³-hybridized carbons (Fsp3) is 0.381. The van der Waals surface area contributed by atoms with Gasteiger partial charge < -0.3 is 10.1 Å². The van der Waals surface area contributed by atoms with Crippen molar-refractivity contribution in [3.63, 3.8) is 0 Å². The lowest BCUT2D eigenvalue weighted by Crippen LogP contribution is -2.29. The van der Waals surface area contributed by atoms with Crippen LogP contribution in [0.4, 0.5) is 5.69 Å². The van der Waals surface area contributed by atoms with Gasteiger partial charge in [0.05, 0.1) is 13.2 Å². The van der Waals surface area contributed by atoms with Crippen LogP contribution in [0.2, 0.25) is 0 Å². The van der Waals surface area contributed by atoms with Gasteiger partial charge in [-0.25, -0.2) is 4.85 Å². The minimum absolute atomic E-state index is 0.654. The number of piperidine rings is 1. The molecule has 2 aromatic rings. The van der Waals surface area contributed by atoms with Gasteiger partial charge in [-0.15, -0.1) is 0 Å². The van der Waals surface area contributed by atoms with Crippen LogP contribution in [0.15, 0.2) is 42.5 Å². The van der Waals surface area contributed by atoms with Crippen molar-refractivity contribution in [3.8, 4) is 11.1 Å². The molecule has 3 nitrogen and oxygen atoms in total. The summed E-state index contributed by atoms with van der Waals surface area (Å²) in [4.78, 5) is 3.52. The Morgan fingerprint density at radius 1 is 1.12 bits per heavy atom. The van der Waals surface area contributed by atoms with E-state index in [9.17, 15) is 0 Å². The van der Waals surface area contributed by atoms with Gasteiger partial charge in [0, 0.05) is 6.61 Å². The van der Waals surface area contributed by atoms with Gasteiger partial charge in [0.1, 0.15) is 0 Å². The van der Waals surface area contributed by atoms with Gasteiger partial charge in [-0.3, -0.25) is 0 Å². The lowest BCUT2D eigenvalue weighted by molar-refractivity contribution is 0.0763. The molecule has 3 rings (SSSR count). The van der Waals surface area contributed by atoms with Crippen molar-refractivity contribution in [1.29, 1.82) is 0 Å². The van der Waals surface area contributed by atoms with Crippen LogP contribution in [0.3, 0.4) is 0 Å². The fourth-order valence-corrected chi connectivity index (χ4v) is 3.26. The summed E-state index contributed by atoms with van der Waals surface area (Å²) in [6.45, 7) is 13.0. The van der Waals surface area contributed by atoms with Gasteiger partial charge in [0.15, 0.2) is 5.69 Å². The van der Waals surface area contributed by atoms with Gasteiger partial charge in [-0.1, -0.05) is 35.9 Å². The Labute approximate surface area is 144 Å². The first-order valence-electron chi connectivity index (χ1n) is 8.61. The van der Waals surface area contributed by atoms with Crippen LogP contribution in [0.25, 0.3) is 16.0 Å². The van der Waals surface area contributed by atoms with Crippen molar-refractivity contribution in [3.05, 3.63) is 65.0 Å². The second-order valence-corrected chi connectivity index (χ2v) is 6.58. The Bertz CT molecular complexity index is 727. The molecule has 0 unspecified atom stereocenters. The van der Waals surface area contributed by atoms with Crippen molar-refractivity contribution in [2.45, 2.75) is 26.4 Å². The normalized spacial score (nSPS) is 15.2. The molecule has 24 heavy (non-hydrogen) atoms. The van der Waals surface area contributed by atoms with E-state index in [1.165, 1.54) is 24.0 Å². The highest BCUT2D eigenvalue weighted by Crippen LogP contribution is 2.26. The maximum absolute atomic E-state index is 7.18. The molecule has 1 heterocycles. The Morgan fingerprint density at radius 3 is 2.75 bits per heavy atom. The number of hydrogen-bond donors (Lipinski definition) is 1. The first kappa shape index (κ1) is 16.7. The molecule has 0 saturated carbocycles. The second kappa shape index (κ2) is 8.10. The third kappa shape index (κ3) is 4.44. The molecule has 3 heteroatoms. The van der Waals surface area contributed by atoms with Gasteiger partial charge in [0.25, 0.3) is 0 Å². The van der Waals surface area contributed by atoms with Gasteiger partial charge in [-0.05, 0) is 67.6 Å². The minimum atomic E-state index is 0.654. The van der Waals surface area contributed by atoms with Gasteiger partial charge in [0.2, 0.25) is 0 Å². The van der Waals surface area contributed by atoms with Crippen LogP contribution in [0.1, 0.15) is 24.0 Å². The van der Waals surface area contributed by atoms with Crippen LogP contribution in [0, 0.1) is 19.4 Å². The molecule has 0 aromatic heterocycles. The highest BCUT2D eigenvalue weighted by Gasteiger charge is 2.13. The standard InChI is InChI=1S/C21H24N2O/c1-16-10-18(15-24-14-17-6-8-23-9-7-17)12-20(11-16)19-4-3-5-21(13-19)22-2/h3-5,10-13,17,23H,6-9,14-15H2,1H3. The van der Waals surface area contributed by atoms with E-state index in [1.807, 2.05) is 18.2 Å². The smallest absolute Gasteiger partial charge is 0.187 e. The van der Waals surface area contributed by atoms with Gasteiger partial charge >= 0.3 is 0 Å². The lowest BCUT2D eigenvalue weighted by atomic mass is 9.99. The summed E-state index contributed by atoms with van der Waals surface area (Å²) in [5.41, 5.74) is 5.35. The Morgan fingerprint density at radius 2 is 1.96 bits per heavy atom. The van der Waals surface area contributed by atoms with Crippen molar-refractivity contribution in [1.82, 2.24) is 5.32 Å². The molecule has 0 aliphatic carbocycles. The predicted molar refractivity (Wildman–Crippen MR) is 98.1 cm³/mol. The van der Waals surface area contributed by atoms with Crippen LogP contribution in [-0.4, -0.2) is 19.7 Å². The molecule has 0 atom stereocenters. The van der Waals surface area contributed by atoms with Crippen molar-refractivity contribution in [2.75, 3.05) is 19.7 Å². The molecule has 0 radical (unpaired) electrons. The zero-order chi connectivity index (χ0) is 16.8. The topological polar surface area (TPSA) is 25.6 Å². The van der Waals surface area contributed by atoms with E-state index in [-0.39, 0.29) is 0 Å². The largest absolute Gasteiger partial charge is 0.376 e. The molecule has 1 aliphatic rings. The lowest BCUT2D eigenvalue weighted by Gasteiger charge is -2.22. The van der Waals surface area contributed by atoms with E-state index in [2.05, 4.69) is 41.4 Å². The van der Waals surface area contributed by atoms with Crippen molar-refractivity contribution in [2.24, 2.45) is 5.92 Å². The van der Waals surface area contributed by atoms with Crippen LogP contribution < -0.4 is 5.32 Å². The summed E-state index contributed by atoms with van der Waals surface area (Å²) in [5, 5.41) is 3.39. The third-order valence-corrected chi connectivity index (χ3v) is 4.53. The molecule has 124 valence electrons. The second-order valence-electron chi connectivity index (χ2n) is 6.58. The molecule has 0 bridgehead atoms. The summed E-state index contributed by atoms with van der Waals surface area (Å²) >= 11 is 0. The van der Waals surface area contributed by atoms with E-state index in [1.54, 1.807) is 0 Å². The van der Waals surface area contributed by atoms with E-state index in [0.29, 0.717) is 18.2 Å². The highest BCUT2D eigenvalue weighted by molar-refractivity contribution is 5.69. The maximum atomic E-state index is 7.18. The molecule has 0 amide bonds. The van der Waals surface area contributed by atoms with E-state index < -0.39 is 0 Å². The van der Waals surface area contributed by atoms with E-state index in [4.69, 9.17) is 11.3 Å². The third-order valence-electron chi connectivity index (χ3n) is 4.53. The number of benzene rings is 2. The number of rotatable bonds is 5. The molecular formula is C21H24N2O. The number of ether oxygens (including phenoxy) is 1. The van der Waals surface area contributed by atoms with Crippen LogP contribution in [0.5, 0.6) is 0 Å². The Balaban J connectivity index is 1.68. The maximum Gasteiger partial charge on any atom is 0.187 e. The minimum Gasteiger partial charge on any atom is -0.376 e. The summed E-state index contributed by atoms with van der Waals surface area (Å²) in [6.07, 6.45) is 2.42. The zero-order valence-electron chi connectivity index (χ0n) is 14.2. The quantitative estimate of drug-likeness (QED) is 0.806. The highest BCUT2D eigenvalue weighted by atomic mass is 16.5. The molecule has 1 saturated heterocycles. The Hall–Kier alpha value is -2.15. The first-order valence-corrected chi connectivity index (χ1v) is 8.61. The molecule has 1 fully saturated rings. The summed E-state index contributed by atoms with van der Waals surface area (Å²) in [7, 11) is 0. The zero-order valence-corrected chi connectivity index (χ0v) is 14.2. The average Bonchev–Trinajstić information content (AvgIpc) is 2.62. The molecule has 1 N–H and O–H groups in total. The summed E-state index contributed by atoms with van der Waals surface area (Å²) in [5.74, 6) is 0.686. The molecule has 0 spiro atoms. The monoisotopic (exact) mass is 320 g/mol. The van der Waals surface area contributed by atoms with Crippen LogP contribution >= 0.6 is 0 Å². The Kier molecular flexibility index (Phi) is 5.63. The number of aryl methyl sites for hydroxylation is 1. The number of hydrogen-bond acceptors (Lipinski definition) is 2. The average molecular weight is 320 g/mol. The number of nitrogens with zero attached hydrogens (tertiary/aromatic N) is 1. The molecule has 2 aromatic carbocycles. The van der Waals surface area contributed by atoms with E-state index >= 15 is 0 Å². The van der Waals surface area contributed by atoms with Crippen LogP contribution in [-0.2, 0) is 11.3 Å². The predicted octanol–water partition coefficient (Wildman–Crippen LogP) is 4.73. The molecular weight excluding hydrogens is 296 g/mol. The van der Waals surface area contributed by atoms with Crippen molar-refractivity contribution >= 4 is 5.69 Å². The summed E-state index contributed by atoms with van der Waals surface area (Å²) in [6, 6.07) is 14.3. The fourth-order valence-electron chi connectivity index (χ4n) is 3.26. The van der Waals surface area contributed by atoms with Crippen molar-refractivity contribution < 1.29 is 4.74 Å². The van der Waals surface area contributed by atoms with E-state index in [0.717, 1.165) is 30.8 Å². The van der Waals surface area contributed by atoms with Gasteiger partial charge in [-0.2, -0.15) is 0 Å². The summed E-state index contributed by atoms with van der Waals surface area (Å²) < 4.78 is 5.97.